The minimum absolute atomic E-state index is 0.102. The van der Waals surface area contributed by atoms with Crippen LogP contribution in [0, 0.1) is 0 Å². The van der Waals surface area contributed by atoms with E-state index < -0.39 is 0 Å². The van der Waals surface area contributed by atoms with E-state index in [0.717, 1.165) is 56.1 Å². The molecule has 204 valence electrons. The van der Waals surface area contributed by atoms with Crippen molar-refractivity contribution < 1.29 is 14.3 Å². The Kier molecular flexibility index (Phi) is 7.95. The van der Waals surface area contributed by atoms with Crippen LogP contribution in [0.4, 0.5) is 0 Å². The molecule has 3 heterocycles. The van der Waals surface area contributed by atoms with Crippen LogP contribution in [-0.4, -0.2) is 64.7 Å². The van der Waals surface area contributed by atoms with Crippen LogP contribution in [0.3, 0.4) is 0 Å². The highest BCUT2D eigenvalue weighted by Crippen LogP contribution is 2.28. The number of imidazole rings is 1. The molecule has 1 aliphatic rings. The van der Waals surface area contributed by atoms with Gasteiger partial charge in [-0.1, -0.05) is 45.0 Å². The third-order valence-electron chi connectivity index (χ3n) is 7.12. The molecular formula is C31H37N5O3. The molecule has 0 spiro atoms. The minimum atomic E-state index is -0.214. The predicted molar refractivity (Wildman–Crippen MR) is 153 cm³/mol. The van der Waals surface area contributed by atoms with E-state index in [9.17, 15) is 4.79 Å². The van der Waals surface area contributed by atoms with Gasteiger partial charge in [0.1, 0.15) is 23.0 Å². The number of carbonyl (C=O) groups is 1. The molecule has 8 nitrogen and oxygen atoms in total. The number of hydrogen-bond acceptors (Lipinski definition) is 6. The summed E-state index contributed by atoms with van der Waals surface area (Å²) in [4.78, 5) is 24.1. The van der Waals surface area contributed by atoms with Crippen molar-refractivity contribution in [3.8, 4) is 11.5 Å². The number of ether oxygens (including phenoxy) is 2. The zero-order valence-electron chi connectivity index (χ0n) is 23.2. The Balaban J connectivity index is 1.25. The summed E-state index contributed by atoms with van der Waals surface area (Å²) in [6, 6.07) is 18.0. The quantitative estimate of drug-likeness (QED) is 0.357. The van der Waals surface area contributed by atoms with Crippen molar-refractivity contribution in [3.63, 3.8) is 0 Å². The first-order valence-electron chi connectivity index (χ1n) is 13.5. The zero-order chi connectivity index (χ0) is 27.4. The maximum Gasteiger partial charge on any atom is 0.270 e. The summed E-state index contributed by atoms with van der Waals surface area (Å²) >= 11 is 0. The van der Waals surface area contributed by atoms with Crippen LogP contribution in [0.1, 0.15) is 48.2 Å². The molecule has 1 saturated heterocycles. The number of nitrogens with one attached hydrogen (secondary N) is 1. The largest absolute Gasteiger partial charge is 0.457 e. The smallest absolute Gasteiger partial charge is 0.270 e. The number of fused-ring (bicyclic) bond motifs is 1. The first kappa shape index (κ1) is 26.8. The van der Waals surface area contributed by atoms with E-state index in [4.69, 9.17) is 14.5 Å². The summed E-state index contributed by atoms with van der Waals surface area (Å²) in [6.45, 7) is 11.3. The van der Waals surface area contributed by atoms with Gasteiger partial charge in [-0.15, -0.1) is 0 Å². The van der Waals surface area contributed by atoms with Gasteiger partial charge < -0.3 is 19.4 Å². The number of rotatable bonds is 8. The maximum atomic E-state index is 12.6. The van der Waals surface area contributed by atoms with Gasteiger partial charge in [-0.2, -0.15) is 0 Å². The SMILES string of the molecule is Cn1c(Cc2cccc(C(C)(C)C)c2)nc2cc(Oc3ccnc(C(=O)NCCN4CCOCC4)c3)ccc21. The maximum absolute atomic E-state index is 12.6. The summed E-state index contributed by atoms with van der Waals surface area (Å²) in [6.07, 6.45) is 2.34. The second kappa shape index (κ2) is 11.6. The van der Waals surface area contributed by atoms with E-state index in [2.05, 4.69) is 64.8 Å². The number of aryl methyl sites for hydroxylation is 1. The molecule has 0 unspecified atom stereocenters. The van der Waals surface area contributed by atoms with Crippen molar-refractivity contribution in [3.05, 3.63) is 83.4 Å². The lowest BCUT2D eigenvalue weighted by Gasteiger charge is -2.26. The van der Waals surface area contributed by atoms with Gasteiger partial charge in [0.2, 0.25) is 0 Å². The van der Waals surface area contributed by atoms with Crippen LogP contribution in [0.5, 0.6) is 11.5 Å². The van der Waals surface area contributed by atoms with Crippen molar-refractivity contribution in [2.24, 2.45) is 7.05 Å². The summed E-state index contributed by atoms with van der Waals surface area (Å²) in [5.74, 6) is 1.99. The zero-order valence-corrected chi connectivity index (χ0v) is 23.2. The molecular weight excluding hydrogens is 490 g/mol. The van der Waals surface area contributed by atoms with Crippen LogP contribution in [0.2, 0.25) is 0 Å². The molecule has 1 fully saturated rings. The van der Waals surface area contributed by atoms with E-state index >= 15 is 0 Å². The lowest BCUT2D eigenvalue weighted by Crippen LogP contribution is -2.41. The van der Waals surface area contributed by atoms with Crippen LogP contribution < -0.4 is 10.1 Å². The van der Waals surface area contributed by atoms with E-state index in [0.29, 0.717) is 23.7 Å². The number of morpholine rings is 1. The fraction of sp³-hybridized carbons (Fsp3) is 0.387. The Morgan fingerprint density at radius 1 is 1.05 bits per heavy atom. The van der Waals surface area contributed by atoms with Gasteiger partial charge in [-0.25, -0.2) is 4.98 Å². The molecule has 8 heteroatoms. The summed E-state index contributed by atoms with van der Waals surface area (Å²) in [5.41, 5.74) is 4.90. The first-order valence-corrected chi connectivity index (χ1v) is 13.5. The van der Waals surface area contributed by atoms with Gasteiger partial charge in [0.05, 0.1) is 24.2 Å². The Labute approximate surface area is 230 Å². The van der Waals surface area contributed by atoms with Crippen LogP contribution in [-0.2, 0) is 23.6 Å². The molecule has 1 amide bonds. The van der Waals surface area contributed by atoms with E-state index in [-0.39, 0.29) is 11.3 Å². The summed E-state index contributed by atoms with van der Waals surface area (Å²) < 4.78 is 13.6. The molecule has 0 radical (unpaired) electrons. The summed E-state index contributed by atoms with van der Waals surface area (Å²) in [7, 11) is 2.05. The average Bonchev–Trinajstić information content (AvgIpc) is 3.23. The Bertz CT molecular complexity index is 1450. The number of aromatic nitrogens is 3. The van der Waals surface area contributed by atoms with Gasteiger partial charge in [-0.05, 0) is 34.7 Å². The second-order valence-electron chi connectivity index (χ2n) is 11.1. The average molecular weight is 528 g/mol. The molecule has 0 aliphatic carbocycles. The number of nitrogens with zero attached hydrogens (tertiary/aromatic N) is 4. The van der Waals surface area contributed by atoms with E-state index in [1.54, 1.807) is 18.3 Å². The molecule has 1 N–H and O–H groups in total. The minimum Gasteiger partial charge on any atom is -0.457 e. The molecule has 1 aliphatic heterocycles. The van der Waals surface area contributed by atoms with Crippen LogP contribution in [0.15, 0.2) is 60.8 Å². The lowest BCUT2D eigenvalue weighted by atomic mass is 9.86. The Hall–Kier alpha value is -3.75. The topological polar surface area (TPSA) is 81.5 Å². The molecule has 39 heavy (non-hydrogen) atoms. The lowest BCUT2D eigenvalue weighted by molar-refractivity contribution is 0.0383. The van der Waals surface area contributed by atoms with Crippen LogP contribution >= 0.6 is 0 Å². The van der Waals surface area contributed by atoms with E-state index in [1.165, 1.54) is 11.1 Å². The number of carbonyl (C=O) groups excluding carboxylic acids is 1. The number of benzene rings is 2. The van der Waals surface area contributed by atoms with Crippen molar-refractivity contribution >= 4 is 16.9 Å². The number of hydrogen-bond donors (Lipinski definition) is 1. The molecule has 0 bridgehead atoms. The van der Waals surface area contributed by atoms with Gasteiger partial charge in [0.25, 0.3) is 5.91 Å². The van der Waals surface area contributed by atoms with Gasteiger partial charge in [0.15, 0.2) is 0 Å². The number of amides is 1. The fourth-order valence-electron chi connectivity index (χ4n) is 4.76. The predicted octanol–water partition coefficient (Wildman–Crippen LogP) is 4.71. The monoisotopic (exact) mass is 527 g/mol. The van der Waals surface area contributed by atoms with Crippen molar-refractivity contribution in [2.45, 2.75) is 32.6 Å². The fourth-order valence-corrected chi connectivity index (χ4v) is 4.76. The molecule has 5 rings (SSSR count). The second-order valence-corrected chi connectivity index (χ2v) is 11.1. The molecule has 0 atom stereocenters. The standard InChI is InChI=1S/C31H37N5O3/c1-31(2,3)23-7-5-6-22(18-23)19-29-34-26-20-24(8-9-28(26)35(29)4)39-25-10-11-32-27(21-25)30(37)33-12-13-36-14-16-38-17-15-36/h5-11,18,20-21H,12-17,19H2,1-4H3,(H,33,37). The Morgan fingerprint density at radius 2 is 1.85 bits per heavy atom. The van der Waals surface area contributed by atoms with Crippen molar-refractivity contribution in [1.82, 2.24) is 24.8 Å². The first-order chi connectivity index (χ1) is 18.8. The normalized spacial score (nSPS) is 14.5. The van der Waals surface area contributed by atoms with Crippen LogP contribution in [0.25, 0.3) is 11.0 Å². The highest BCUT2D eigenvalue weighted by atomic mass is 16.5. The summed E-state index contributed by atoms with van der Waals surface area (Å²) in [5, 5.41) is 2.95. The highest BCUT2D eigenvalue weighted by Gasteiger charge is 2.16. The molecule has 0 saturated carbocycles. The Morgan fingerprint density at radius 3 is 2.64 bits per heavy atom. The van der Waals surface area contributed by atoms with Gasteiger partial charge >= 0.3 is 0 Å². The third-order valence-corrected chi connectivity index (χ3v) is 7.12. The van der Waals surface area contributed by atoms with E-state index in [1.807, 2.05) is 25.2 Å². The van der Waals surface area contributed by atoms with Crippen molar-refractivity contribution in [1.29, 1.82) is 0 Å². The van der Waals surface area contributed by atoms with Gasteiger partial charge in [0, 0.05) is 58.0 Å². The highest BCUT2D eigenvalue weighted by molar-refractivity contribution is 5.92. The number of pyridine rings is 1. The van der Waals surface area contributed by atoms with Crippen molar-refractivity contribution in [2.75, 3.05) is 39.4 Å². The molecule has 2 aromatic heterocycles. The van der Waals surface area contributed by atoms with Gasteiger partial charge in [-0.3, -0.25) is 14.7 Å². The third kappa shape index (κ3) is 6.64. The molecule has 4 aromatic rings. The molecule has 2 aromatic carbocycles.